The van der Waals surface area contributed by atoms with Crippen LogP contribution in [-0.4, -0.2) is 53.8 Å². The molecule has 0 bridgehead atoms. The van der Waals surface area contributed by atoms with Gasteiger partial charge in [-0.25, -0.2) is 0 Å². The molecule has 0 radical (unpaired) electrons. The molecule has 0 aromatic carbocycles. The summed E-state index contributed by atoms with van der Waals surface area (Å²) in [6, 6.07) is 0. The van der Waals surface area contributed by atoms with Gasteiger partial charge < -0.3 is 4.90 Å². The molecule has 1 saturated carbocycles. The van der Waals surface area contributed by atoms with E-state index in [0.29, 0.717) is 11.2 Å². The lowest BCUT2D eigenvalue weighted by Gasteiger charge is -2.44. The van der Waals surface area contributed by atoms with Crippen LogP contribution in [-0.2, 0) is 4.79 Å². The highest BCUT2D eigenvalue weighted by Crippen LogP contribution is 2.37. The van der Waals surface area contributed by atoms with E-state index in [4.69, 9.17) is 0 Å². The molecule has 0 aromatic heterocycles. The Morgan fingerprint density at radius 1 is 1.15 bits per heavy atom. The topological polar surface area (TPSA) is 23.6 Å². The molecule has 1 saturated heterocycles. The van der Waals surface area contributed by atoms with Gasteiger partial charge in [0.1, 0.15) is 5.78 Å². The third-order valence-corrected chi connectivity index (χ3v) is 5.10. The van der Waals surface area contributed by atoms with Crippen molar-refractivity contribution in [2.75, 3.05) is 32.7 Å². The quantitative estimate of drug-likeness (QED) is 0.777. The van der Waals surface area contributed by atoms with Crippen LogP contribution in [0.3, 0.4) is 0 Å². The Kier molecular flexibility index (Phi) is 4.60. The van der Waals surface area contributed by atoms with Crippen molar-refractivity contribution in [1.29, 1.82) is 0 Å². The summed E-state index contributed by atoms with van der Waals surface area (Å²) in [5, 5.41) is 0. The summed E-state index contributed by atoms with van der Waals surface area (Å²) in [4.78, 5) is 17.2. The lowest BCUT2D eigenvalue weighted by molar-refractivity contribution is -0.128. The highest BCUT2D eigenvalue weighted by molar-refractivity contribution is 5.82. The minimum absolute atomic E-state index is 0.273. The van der Waals surface area contributed by atoms with Gasteiger partial charge in [-0.1, -0.05) is 13.8 Å². The number of rotatable bonds is 2. The van der Waals surface area contributed by atoms with Crippen molar-refractivity contribution < 1.29 is 4.79 Å². The second kappa shape index (κ2) is 5.76. The standard InChI is InChI=1S/C17H32N2O/c1-16(2,3)19-10-8-18(9-11-19)13-14-12-17(4,5)7-6-15(14)20/h14H,6-13H2,1-5H3. The third kappa shape index (κ3) is 4.05. The van der Waals surface area contributed by atoms with E-state index < -0.39 is 0 Å². The summed E-state index contributed by atoms with van der Waals surface area (Å²) in [6.45, 7) is 17.0. The molecule has 0 spiro atoms. The van der Waals surface area contributed by atoms with E-state index in [2.05, 4.69) is 44.4 Å². The van der Waals surface area contributed by atoms with E-state index in [1.165, 1.54) is 0 Å². The number of piperazine rings is 1. The molecule has 3 heteroatoms. The van der Waals surface area contributed by atoms with E-state index in [1.807, 2.05) is 0 Å². The predicted molar refractivity (Wildman–Crippen MR) is 83.9 cm³/mol. The average molecular weight is 280 g/mol. The Morgan fingerprint density at radius 3 is 2.30 bits per heavy atom. The highest BCUT2D eigenvalue weighted by Gasteiger charge is 2.35. The highest BCUT2D eigenvalue weighted by atomic mass is 16.1. The predicted octanol–water partition coefficient (Wildman–Crippen LogP) is 2.80. The Hall–Kier alpha value is -0.410. The van der Waals surface area contributed by atoms with Crippen molar-refractivity contribution >= 4 is 5.78 Å². The minimum atomic E-state index is 0.273. The molecule has 1 aliphatic carbocycles. The van der Waals surface area contributed by atoms with E-state index in [0.717, 1.165) is 52.0 Å². The normalized spacial score (nSPS) is 29.6. The molecule has 116 valence electrons. The molecule has 1 unspecified atom stereocenters. The number of Topliss-reactive ketones (excluding diaryl/α,β-unsaturated/α-hetero) is 1. The van der Waals surface area contributed by atoms with E-state index in [9.17, 15) is 4.79 Å². The minimum Gasteiger partial charge on any atom is -0.300 e. The van der Waals surface area contributed by atoms with Gasteiger partial charge >= 0.3 is 0 Å². The largest absolute Gasteiger partial charge is 0.300 e. The smallest absolute Gasteiger partial charge is 0.137 e. The third-order valence-electron chi connectivity index (χ3n) is 5.10. The summed E-state index contributed by atoms with van der Waals surface area (Å²) >= 11 is 0. The number of carbonyl (C=O) groups is 1. The summed E-state index contributed by atoms with van der Waals surface area (Å²) in [5.41, 5.74) is 0.626. The zero-order valence-electron chi connectivity index (χ0n) is 14.0. The van der Waals surface area contributed by atoms with Crippen LogP contribution >= 0.6 is 0 Å². The zero-order valence-corrected chi connectivity index (χ0v) is 14.0. The van der Waals surface area contributed by atoms with Crippen LogP contribution < -0.4 is 0 Å². The first-order chi connectivity index (χ1) is 9.17. The van der Waals surface area contributed by atoms with Gasteiger partial charge in [0.05, 0.1) is 0 Å². The molecule has 1 heterocycles. The molecule has 1 aliphatic heterocycles. The molecular formula is C17H32N2O. The maximum atomic E-state index is 12.1. The van der Waals surface area contributed by atoms with Crippen LogP contribution in [0.4, 0.5) is 0 Å². The number of hydrogen-bond acceptors (Lipinski definition) is 3. The summed E-state index contributed by atoms with van der Waals surface area (Å²) in [5.74, 6) is 0.780. The second-order valence-electron chi connectivity index (χ2n) is 8.49. The second-order valence-corrected chi connectivity index (χ2v) is 8.49. The number of nitrogens with zero attached hydrogens (tertiary/aromatic N) is 2. The molecular weight excluding hydrogens is 248 g/mol. The van der Waals surface area contributed by atoms with Crippen LogP contribution in [0.15, 0.2) is 0 Å². The van der Waals surface area contributed by atoms with Crippen molar-refractivity contribution in [2.45, 2.75) is 59.4 Å². The average Bonchev–Trinajstić information content (AvgIpc) is 2.33. The molecule has 0 amide bonds. The van der Waals surface area contributed by atoms with E-state index in [-0.39, 0.29) is 11.5 Å². The lowest BCUT2D eigenvalue weighted by atomic mass is 9.71. The first kappa shape index (κ1) is 16.0. The van der Waals surface area contributed by atoms with Crippen molar-refractivity contribution in [1.82, 2.24) is 9.80 Å². The first-order valence-electron chi connectivity index (χ1n) is 8.17. The maximum absolute atomic E-state index is 12.1. The fraction of sp³-hybridized carbons (Fsp3) is 0.941. The lowest BCUT2D eigenvalue weighted by Crippen LogP contribution is -2.54. The molecule has 2 rings (SSSR count). The molecule has 2 fully saturated rings. The number of hydrogen-bond donors (Lipinski definition) is 0. The number of ketones is 1. The monoisotopic (exact) mass is 280 g/mol. The zero-order chi connectivity index (χ0) is 15.0. The van der Waals surface area contributed by atoms with Gasteiger partial charge in [0.2, 0.25) is 0 Å². The SMILES string of the molecule is CC1(C)CCC(=O)C(CN2CCN(C(C)(C)C)CC2)C1. The Labute approximate surface area is 124 Å². The molecule has 3 nitrogen and oxygen atoms in total. The fourth-order valence-corrected chi connectivity index (χ4v) is 3.63. The van der Waals surface area contributed by atoms with Crippen LogP contribution in [0.25, 0.3) is 0 Å². The molecule has 0 N–H and O–H groups in total. The van der Waals surface area contributed by atoms with Crippen molar-refractivity contribution in [3.63, 3.8) is 0 Å². The molecule has 20 heavy (non-hydrogen) atoms. The summed E-state index contributed by atoms with van der Waals surface area (Å²) in [7, 11) is 0. The van der Waals surface area contributed by atoms with Gasteiger partial charge in [0.15, 0.2) is 0 Å². The Morgan fingerprint density at radius 2 is 1.75 bits per heavy atom. The van der Waals surface area contributed by atoms with Gasteiger partial charge in [-0.3, -0.25) is 9.69 Å². The van der Waals surface area contributed by atoms with Crippen molar-refractivity contribution in [3.8, 4) is 0 Å². The molecule has 0 aromatic rings. The summed E-state index contributed by atoms with van der Waals surface area (Å²) < 4.78 is 0. The fourth-order valence-electron chi connectivity index (χ4n) is 3.63. The van der Waals surface area contributed by atoms with Gasteiger partial charge in [-0.15, -0.1) is 0 Å². The number of carbonyl (C=O) groups excluding carboxylic acids is 1. The van der Waals surface area contributed by atoms with Crippen molar-refractivity contribution in [3.05, 3.63) is 0 Å². The van der Waals surface area contributed by atoms with Gasteiger partial charge in [0, 0.05) is 50.6 Å². The Bertz CT molecular complexity index is 348. The van der Waals surface area contributed by atoms with Crippen LogP contribution in [0.5, 0.6) is 0 Å². The van der Waals surface area contributed by atoms with Crippen LogP contribution in [0.1, 0.15) is 53.9 Å². The van der Waals surface area contributed by atoms with E-state index in [1.54, 1.807) is 0 Å². The van der Waals surface area contributed by atoms with Crippen LogP contribution in [0.2, 0.25) is 0 Å². The maximum Gasteiger partial charge on any atom is 0.137 e. The van der Waals surface area contributed by atoms with Gasteiger partial charge in [-0.2, -0.15) is 0 Å². The van der Waals surface area contributed by atoms with E-state index >= 15 is 0 Å². The van der Waals surface area contributed by atoms with Gasteiger partial charge in [-0.05, 0) is 39.0 Å². The van der Waals surface area contributed by atoms with Crippen molar-refractivity contribution in [2.24, 2.45) is 11.3 Å². The molecule has 1 atom stereocenters. The van der Waals surface area contributed by atoms with Gasteiger partial charge in [0.25, 0.3) is 0 Å². The Balaban J connectivity index is 1.84. The van der Waals surface area contributed by atoms with Crippen LogP contribution in [0, 0.1) is 11.3 Å². The summed E-state index contributed by atoms with van der Waals surface area (Å²) in [6.07, 6.45) is 2.94. The first-order valence-corrected chi connectivity index (χ1v) is 8.17. The molecule has 2 aliphatic rings.